The molecule has 2 nitrogen and oxygen atoms in total. The van der Waals surface area contributed by atoms with Gasteiger partial charge < -0.3 is 5.32 Å². The highest BCUT2D eigenvalue weighted by Crippen LogP contribution is 2.25. The van der Waals surface area contributed by atoms with Gasteiger partial charge in [-0.05, 0) is 51.5 Å². The third kappa shape index (κ3) is 2.68. The number of benzene rings is 2. The summed E-state index contributed by atoms with van der Waals surface area (Å²) in [4.78, 5) is 4.31. The van der Waals surface area contributed by atoms with Crippen molar-refractivity contribution in [2.75, 3.05) is 5.32 Å². The van der Waals surface area contributed by atoms with Crippen molar-refractivity contribution in [1.82, 2.24) is 4.98 Å². The van der Waals surface area contributed by atoms with E-state index in [4.69, 9.17) is 0 Å². The summed E-state index contributed by atoms with van der Waals surface area (Å²) in [7, 11) is 0. The van der Waals surface area contributed by atoms with Crippen molar-refractivity contribution >= 4 is 32.4 Å². The van der Waals surface area contributed by atoms with Gasteiger partial charge in [0.05, 0.1) is 0 Å². The monoisotopic (exact) mass is 326 g/mol. The normalized spacial score (nSPS) is 10.7. The molecule has 0 fully saturated rings. The Morgan fingerprint density at radius 1 is 1.10 bits per heavy atom. The van der Waals surface area contributed by atoms with Crippen molar-refractivity contribution in [2.45, 2.75) is 13.5 Å². The zero-order valence-corrected chi connectivity index (χ0v) is 12.8. The minimum absolute atomic E-state index is 0.760. The molecule has 0 atom stereocenters. The summed E-state index contributed by atoms with van der Waals surface area (Å²) in [5.74, 6) is 0. The molecule has 0 amide bonds. The van der Waals surface area contributed by atoms with Gasteiger partial charge in [0.25, 0.3) is 0 Å². The Morgan fingerprint density at radius 2 is 1.95 bits per heavy atom. The van der Waals surface area contributed by atoms with Crippen molar-refractivity contribution in [3.63, 3.8) is 0 Å². The van der Waals surface area contributed by atoms with E-state index in [9.17, 15) is 0 Å². The van der Waals surface area contributed by atoms with E-state index in [2.05, 4.69) is 69.6 Å². The molecule has 0 aliphatic heterocycles. The molecule has 3 rings (SSSR count). The quantitative estimate of drug-likeness (QED) is 0.739. The molecule has 20 heavy (non-hydrogen) atoms. The predicted molar refractivity (Wildman–Crippen MR) is 87.9 cm³/mol. The Hall–Kier alpha value is -1.87. The highest BCUT2D eigenvalue weighted by atomic mass is 79.9. The van der Waals surface area contributed by atoms with Gasteiger partial charge in [-0.25, -0.2) is 0 Å². The van der Waals surface area contributed by atoms with Crippen molar-refractivity contribution < 1.29 is 0 Å². The van der Waals surface area contributed by atoms with Crippen LogP contribution < -0.4 is 5.32 Å². The predicted octanol–water partition coefficient (Wildman–Crippen LogP) is 4.92. The molecular formula is C17H15BrN2. The van der Waals surface area contributed by atoms with E-state index in [1.807, 2.05) is 18.5 Å². The molecule has 3 aromatic rings. The van der Waals surface area contributed by atoms with Crippen molar-refractivity contribution in [3.8, 4) is 0 Å². The number of nitrogens with zero attached hydrogens (tertiary/aromatic N) is 1. The van der Waals surface area contributed by atoms with Crippen molar-refractivity contribution in [2.24, 2.45) is 0 Å². The van der Waals surface area contributed by atoms with Crippen LogP contribution in [0.1, 0.15) is 11.1 Å². The van der Waals surface area contributed by atoms with E-state index in [1.54, 1.807) is 0 Å². The third-order valence-corrected chi connectivity index (χ3v) is 4.00. The van der Waals surface area contributed by atoms with Gasteiger partial charge in [-0.15, -0.1) is 0 Å². The molecule has 0 saturated heterocycles. The van der Waals surface area contributed by atoms with Gasteiger partial charge in [0.15, 0.2) is 0 Å². The van der Waals surface area contributed by atoms with Gasteiger partial charge in [0.1, 0.15) is 0 Å². The summed E-state index contributed by atoms with van der Waals surface area (Å²) in [5, 5.41) is 5.89. The van der Waals surface area contributed by atoms with Gasteiger partial charge >= 0.3 is 0 Å². The number of hydrogen-bond donors (Lipinski definition) is 1. The van der Waals surface area contributed by atoms with Crippen LogP contribution in [-0.4, -0.2) is 4.98 Å². The van der Waals surface area contributed by atoms with Gasteiger partial charge in [-0.2, -0.15) is 0 Å². The lowest BCUT2D eigenvalue weighted by atomic mass is 10.1. The molecule has 100 valence electrons. The van der Waals surface area contributed by atoms with Crippen molar-refractivity contribution in [1.29, 1.82) is 0 Å². The van der Waals surface area contributed by atoms with E-state index in [1.165, 1.54) is 21.9 Å². The number of fused-ring (bicyclic) bond motifs is 1. The smallest absolute Gasteiger partial charge is 0.0487 e. The first kappa shape index (κ1) is 13.1. The van der Waals surface area contributed by atoms with E-state index in [-0.39, 0.29) is 0 Å². The maximum Gasteiger partial charge on any atom is 0.0487 e. The Morgan fingerprint density at radius 3 is 2.80 bits per heavy atom. The Bertz CT molecular complexity index is 748. The number of aromatic nitrogens is 1. The molecule has 3 heteroatoms. The first-order chi connectivity index (χ1) is 9.74. The Kier molecular flexibility index (Phi) is 3.70. The summed E-state index contributed by atoms with van der Waals surface area (Å²) in [6, 6.07) is 14.6. The lowest BCUT2D eigenvalue weighted by molar-refractivity contribution is 1.13. The average Bonchev–Trinajstić information content (AvgIpc) is 2.46. The molecule has 0 saturated carbocycles. The van der Waals surface area contributed by atoms with Crippen LogP contribution in [0.2, 0.25) is 0 Å². The number of pyridine rings is 1. The second-order valence-electron chi connectivity index (χ2n) is 4.86. The largest absolute Gasteiger partial charge is 0.380 e. The zero-order valence-electron chi connectivity index (χ0n) is 11.2. The van der Waals surface area contributed by atoms with Crippen LogP contribution in [0, 0.1) is 6.92 Å². The van der Waals surface area contributed by atoms with E-state index in [0.717, 1.165) is 16.7 Å². The second kappa shape index (κ2) is 5.63. The summed E-state index contributed by atoms with van der Waals surface area (Å²) >= 11 is 3.59. The molecule has 2 aromatic carbocycles. The first-order valence-corrected chi connectivity index (χ1v) is 7.35. The molecule has 0 radical (unpaired) electrons. The van der Waals surface area contributed by atoms with Crippen LogP contribution in [-0.2, 0) is 6.54 Å². The van der Waals surface area contributed by atoms with Gasteiger partial charge in [-0.3, -0.25) is 4.98 Å². The van der Waals surface area contributed by atoms with Gasteiger partial charge in [0, 0.05) is 34.5 Å². The minimum Gasteiger partial charge on any atom is -0.380 e. The van der Waals surface area contributed by atoms with Gasteiger partial charge in [0.2, 0.25) is 0 Å². The maximum absolute atomic E-state index is 4.31. The summed E-state index contributed by atoms with van der Waals surface area (Å²) in [5.41, 5.74) is 3.55. The van der Waals surface area contributed by atoms with E-state index in [0.29, 0.717) is 0 Å². The minimum atomic E-state index is 0.760. The van der Waals surface area contributed by atoms with Crippen LogP contribution in [0.15, 0.2) is 59.3 Å². The lowest BCUT2D eigenvalue weighted by Crippen LogP contribution is -2.01. The average molecular weight is 327 g/mol. The fourth-order valence-electron chi connectivity index (χ4n) is 2.27. The zero-order chi connectivity index (χ0) is 13.9. The van der Waals surface area contributed by atoms with Crippen LogP contribution in [0.5, 0.6) is 0 Å². The van der Waals surface area contributed by atoms with E-state index < -0.39 is 0 Å². The summed E-state index contributed by atoms with van der Waals surface area (Å²) in [6.45, 7) is 2.85. The Labute approximate surface area is 127 Å². The topological polar surface area (TPSA) is 24.9 Å². The molecular weight excluding hydrogens is 312 g/mol. The summed E-state index contributed by atoms with van der Waals surface area (Å²) in [6.07, 6.45) is 3.83. The fraction of sp³-hybridized carbons (Fsp3) is 0.118. The standard InChI is InChI=1S/C17H15BrN2/c1-12-6-7-17(16(18)8-12)20-11-14-10-19-9-13-4-2-3-5-15(13)14/h2-10,20H,11H2,1H3. The highest BCUT2D eigenvalue weighted by molar-refractivity contribution is 9.10. The van der Waals surface area contributed by atoms with Crippen LogP contribution in [0.3, 0.4) is 0 Å². The van der Waals surface area contributed by atoms with Gasteiger partial charge in [-0.1, -0.05) is 30.3 Å². The molecule has 1 aromatic heterocycles. The van der Waals surface area contributed by atoms with Crippen LogP contribution in [0.4, 0.5) is 5.69 Å². The lowest BCUT2D eigenvalue weighted by Gasteiger charge is -2.11. The maximum atomic E-state index is 4.31. The number of halogens is 1. The number of hydrogen-bond acceptors (Lipinski definition) is 2. The Balaban J connectivity index is 1.87. The molecule has 0 spiro atoms. The highest BCUT2D eigenvalue weighted by Gasteiger charge is 2.03. The number of aryl methyl sites for hydroxylation is 1. The number of anilines is 1. The third-order valence-electron chi connectivity index (χ3n) is 3.34. The van der Waals surface area contributed by atoms with E-state index >= 15 is 0 Å². The molecule has 0 aliphatic rings. The molecule has 0 bridgehead atoms. The van der Waals surface area contributed by atoms with Crippen molar-refractivity contribution in [3.05, 3.63) is 70.5 Å². The number of rotatable bonds is 3. The molecule has 0 aliphatic carbocycles. The van der Waals surface area contributed by atoms with Crippen LogP contribution >= 0.6 is 15.9 Å². The van der Waals surface area contributed by atoms with Crippen LogP contribution in [0.25, 0.3) is 10.8 Å². The summed E-state index contributed by atoms with van der Waals surface area (Å²) < 4.78 is 1.09. The molecule has 1 heterocycles. The molecule has 1 N–H and O–H groups in total. The number of nitrogens with one attached hydrogen (secondary N) is 1. The first-order valence-electron chi connectivity index (χ1n) is 6.56. The SMILES string of the molecule is Cc1ccc(NCc2cncc3ccccc23)c(Br)c1. The molecule has 0 unspecified atom stereocenters. The second-order valence-corrected chi connectivity index (χ2v) is 5.71. The fourth-order valence-corrected chi connectivity index (χ4v) is 2.91.